The number of rotatable bonds is 0. The second kappa shape index (κ2) is 3.74. The van der Waals surface area contributed by atoms with E-state index >= 15 is 0 Å². The molecule has 3 nitrogen and oxygen atoms in total. The predicted molar refractivity (Wildman–Crippen MR) is 62.6 cm³/mol. The number of benzene rings is 1. The number of nitrogens with one attached hydrogen (secondary N) is 1. The number of fused-ring (bicyclic) bond motifs is 1. The lowest BCUT2D eigenvalue weighted by Crippen LogP contribution is -2.44. The third-order valence-electron chi connectivity index (χ3n) is 2.59. The fraction of sp³-hybridized carbons (Fsp3) is 0.364. The minimum Gasteiger partial charge on any atom is -0.381 e. The lowest BCUT2D eigenvalue weighted by atomic mass is 10.1. The molecule has 4 heteroatoms. The fourth-order valence-corrected chi connectivity index (χ4v) is 2.10. The SMILES string of the molecule is CC(=O)N1c2ccc(Cl)cc2NC[C@@H]1C. The van der Waals surface area contributed by atoms with Crippen molar-refractivity contribution < 1.29 is 4.79 Å². The quantitative estimate of drug-likeness (QED) is 0.735. The predicted octanol–water partition coefficient (Wildman–Crippen LogP) is 2.51. The van der Waals surface area contributed by atoms with Crippen LogP contribution in [-0.4, -0.2) is 18.5 Å². The van der Waals surface area contributed by atoms with Crippen molar-refractivity contribution in [3.05, 3.63) is 23.2 Å². The van der Waals surface area contributed by atoms with Gasteiger partial charge in [0.1, 0.15) is 0 Å². The van der Waals surface area contributed by atoms with E-state index in [2.05, 4.69) is 5.32 Å². The summed E-state index contributed by atoms with van der Waals surface area (Å²) in [6.07, 6.45) is 0. The average Bonchev–Trinajstić information content (AvgIpc) is 2.17. The van der Waals surface area contributed by atoms with Gasteiger partial charge in [0, 0.05) is 18.5 Å². The zero-order valence-corrected chi connectivity index (χ0v) is 9.51. The van der Waals surface area contributed by atoms with Gasteiger partial charge in [-0.25, -0.2) is 0 Å². The van der Waals surface area contributed by atoms with Crippen molar-refractivity contribution in [3.63, 3.8) is 0 Å². The van der Waals surface area contributed by atoms with E-state index in [1.165, 1.54) is 0 Å². The third-order valence-corrected chi connectivity index (χ3v) is 2.82. The van der Waals surface area contributed by atoms with Crippen molar-refractivity contribution in [1.82, 2.24) is 0 Å². The van der Waals surface area contributed by atoms with E-state index in [4.69, 9.17) is 11.6 Å². The van der Waals surface area contributed by atoms with E-state index in [9.17, 15) is 4.79 Å². The highest BCUT2D eigenvalue weighted by Gasteiger charge is 2.25. The van der Waals surface area contributed by atoms with E-state index in [-0.39, 0.29) is 11.9 Å². The van der Waals surface area contributed by atoms with Crippen LogP contribution in [0.3, 0.4) is 0 Å². The molecule has 0 radical (unpaired) electrons. The minimum atomic E-state index is 0.0626. The first kappa shape index (κ1) is 10.3. The van der Waals surface area contributed by atoms with E-state index in [1.807, 2.05) is 19.1 Å². The van der Waals surface area contributed by atoms with Crippen LogP contribution in [0.15, 0.2) is 18.2 Å². The highest BCUT2D eigenvalue weighted by Crippen LogP contribution is 2.33. The molecule has 15 heavy (non-hydrogen) atoms. The van der Waals surface area contributed by atoms with Crippen LogP contribution in [0.4, 0.5) is 11.4 Å². The summed E-state index contributed by atoms with van der Waals surface area (Å²) in [6, 6.07) is 5.70. The van der Waals surface area contributed by atoms with Crippen molar-refractivity contribution >= 4 is 28.9 Å². The van der Waals surface area contributed by atoms with E-state index in [0.717, 1.165) is 17.9 Å². The summed E-state index contributed by atoms with van der Waals surface area (Å²) in [5.74, 6) is 0.0626. The zero-order chi connectivity index (χ0) is 11.0. The van der Waals surface area contributed by atoms with Crippen LogP contribution in [0.2, 0.25) is 5.02 Å². The molecule has 1 atom stereocenters. The van der Waals surface area contributed by atoms with Crippen molar-refractivity contribution in [2.45, 2.75) is 19.9 Å². The van der Waals surface area contributed by atoms with Gasteiger partial charge in [-0.1, -0.05) is 11.6 Å². The Labute approximate surface area is 94.0 Å². The maximum absolute atomic E-state index is 11.5. The first-order valence-electron chi connectivity index (χ1n) is 4.93. The lowest BCUT2D eigenvalue weighted by molar-refractivity contribution is -0.116. The molecule has 2 rings (SSSR count). The van der Waals surface area contributed by atoms with Crippen LogP contribution < -0.4 is 10.2 Å². The highest BCUT2D eigenvalue weighted by atomic mass is 35.5. The molecule has 0 unspecified atom stereocenters. The molecule has 0 spiro atoms. The lowest BCUT2D eigenvalue weighted by Gasteiger charge is -2.35. The Kier molecular flexibility index (Phi) is 2.57. The van der Waals surface area contributed by atoms with Crippen LogP contribution in [-0.2, 0) is 4.79 Å². The van der Waals surface area contributed by atoms with E-state index < -0.39 is 0 Å². The number of amides is 1. The Hall–Kier alpha value is -1.22. The van der Waals surface area contributed by atoms with Gasteiger partial charge in [0.25, 0.3) is 0 Å². The third kappa shape index (κ3) is 1.79. The molecule has 1 aliphatic heterocycles. The van der Waals surface area contributed by atoms with E-state index in [0.29, 0.717) is 5.02 Å². The molecule has 0 saturated carbocycles. The molecule has 1 heterocycles. The number of halogens is 1. The molecule has 0 bridgehead atoms. The van der Waals surface area contributed by atoms with E-state index in [1.54, 1.807) is 17.9 Å². The normalized spacial score (nSPS) is 19.4. The van der Waals surface area contributed by atoms with Crippen LogP contribution >= 0.6 is 11.6 Å². The molecule has 0 fully saturated rings. The maximum Gasteiger partial charge on any atom is 0.224 e. The van der Waals surface area contributed by atoms with Crippen LogP contribution in [0.25, 0.3) is 0 Å². The summed E-state index contributed by atoms with van der Waals surface area (Å²) in [5, 5.41) is 3.94. The second-order valence-corrected chi connectivity index (χ2v) is 4.22. The number of hydrogen-bond donors (Lipinski definition) is 1. The van der Waals surface area contributed by atoms with Gasteiger partial charge in [0.05, 0.1) is 17.4 Å². The summed E-state index contributed by atoms with van der Waals surface area (Å²) < 4.78 is 0. The summed E-state index contributed by atoms with van der Waals surface area (Å²) >= 11 is 5.90. The van der Waals surface area contributed by atoms with Crippen molar-refractivity contribution in [3.8, 4) is 0 Å². The van der Waals surface area contributed by atoms with Gasteiger partial charge in [-0.05, 0) is 25.1 Å². The molecule has 0 aliphatic carbocycles. The first-order chi connectivity index (χ1) is 7.09. The molecule has 1 N–H and O–H groups in total. The molecule has 80 valence electrons. The first-order valence-corrected chi connectivity index (χ1v) is 5.30. The zero-order valence-electron chi connectivity index (χ0n) is 8.75. The molecular formula is C11H13ClN2O. The Bertz CT molecular complexity index is 406. The largest absolute Gasteiger partial charge is 0.381 e. The minimum absolute atomic E-state index is 0.0626. The highest BCUT2D eigenvalue weighted by molar-refractivity contribution is 6.31. The maximum atomic E-state index is 11.5. The van der Waals surface area contributed by atoms with Crippen molar-refractivity contribution in [1.29, 1.82) is 0 Å². The van der Waals surface area contributed by atoms with Gasteiger partial charge in [0.15, 0.2) is 0 Å². The molecule has 1 aromatic carbocycles. The summed E-state index contributed by atoms with van der Waals surface area (Å²) in [7, 11) is 0. The fourth-order valence-electron chi connectivity index (χ4n) is 1.93. The van der Waals surface area contributed by atoms with Gasteiger partial charge < -0.3 is 10.2 Å². The molecule has 1 aliphatic rings. The molecule has 0 aromatic heterocycles. The summed E-state index contributed by atoms with van der Waals surface area (Å²) in [5.41, 5.74) is 1.83. The number of carbonyl (C=O) groups excluding carboxylic acids is 1. The summed E-state index contributed by atoms with van der Waals surface area (Å²) in [6.45, 7) is 4.36. The number of hydrogen-bond acceptors (Lipinski definition) is 2. The second-order valence-electron chi connectivity index (χ2n) is 3.78. The van der Waals surface area contributed by atoms with Gasteiger partial charge in [-0.2, -0.15) is 0 Å². The molecule has 1 amide bonds. The van der Waals surface area contributed by atoms with Gasteiger partial charge in [-0.15, -0.1) is 0 Å². The molecule has 1 aromatic rings. The molecular weight excluding hydrogens is 212 g/mol. The number of anilines is 2. The Balaban J connectivity index is 2.48. The monoisotopic (exact) mass is 224 g/mol. The van der Waals surface area contributed by atoms with Crippen LogP contribution in [0.5, 0.6) is 0 Å². The topological polar surface area (TPSA) is 32.3 Å². The van der Waals surface area contributed by atoms with Gasteiger partial charge in [-0.3, -0.25) is 4.79 Å². The number of carbonyl (C=O) groups is 1. The van der Waals surface area contributed by atoms with Gasteiger partial charge >= 0.3 is 0 Å². The Morgan fingerprint density at radius 3 is 3.00 bits per heavy atom. The van der Waals surface area contributed by atoms with Crippen molar-refractivity contribution in [2.75, 3.05) is 16.8 Å². The van der Waals surface area contributed by atoms with Crippen LogP contribution in [0, 0.1) is 0 Å². The van der Waals surface area contributed by atoms with Crippen LogP contribution in [0.1, 0.15) is 13.8 Å². The van der Waals surface area contributed by atoms with Crippen molar-refractivity contribution in [2.24, 2.45) is 0 Å². The standard InChI is InChI=1S/C11H13ClN2O/c1-7-6-13-10-5-9(12)3-4-11(10)14(7)8(2)15/h3-5,7,13H,6H2,1-2H3/t7-/m0/s1. The smallest absolute Gasteiger partial charge is 0.224 e. The Morgan fingerprint density at radius 2 is 2.33 bits per heavy atom. The average molecular weight is 225 g/mol. The Morgan fingerprint density at radius 1 is 1.60 bits per heavy atom. The summed E-state index contributed by atoms with van der Waals surface area (Å²) in [4.78, 5) is 13.3. The van der Waals surface area contributed by atoms with Gasteiger partial charge in [0.2, 0.25) is 5.91 Å². The number of nitrogens with zero attached hydrogens (tertiary/aromatic N) is 1. The molecule has 0 saturated heterocycles.